The van der Waals surface area contributed by atoms with E-state index in [1.54, 1.807) is 12.1 Å². The van der Waals surface area contributed by atoms with Crippen LogP contribution in [0.25, 0.3) is 0 Å². The molecule has 1 aliphatic rings. The van der Waals surface area contributed by atoms with Crippen molar-refractivity contribution in [2.75, 3.05) is 37.2 Å². The number of nitrogen functional groups attached to an aromatic ring is 1. The molecule has 0 saturated carbocycles. The monoisotopic (exact) mass is 296 g/mol. The number of amides is 1. The molecule has 110 valence electrons. The lowest BCUT2D eigenvalue weighted by molar-refractivity contribution is 0.100. The Kier molecular flexibility index (Phi) is 4.73. The quantitative estimate of drug-likeness (QED) is 0.723. The van der Waals surface area contributed by atoms with Gasteiger partial charge in [0.05, 0.1) is 16.3 Å². The fraction of sp³-hybridized carbons (Fsp3) is 0.500. The molecule has 0 aromatic heterocycles. The average molecular weight is 297 g/mol. The Bertz CT molecular complexity index is 506. The van der Waals surface area contributed by atoms with E-state index in [-0.39, 0.29) is 0 Å². The standard InChI is InChI=1S/C14H21ClN4O/c1-2-19-4-3-9(8-19)7-18-13-11(14(17)20)5-10(16)6-12(13)15/h5-6,9,18H,2-4,7-8,16H2,1H3,(H2,17,20). The molecular formula is C14H21ClN4O. The summed E-state index contributed by atoms with van der Waals surface area (Å²) in [6, 6.07) is 3.19. The first-order valence-electron chi connectivity index (χ1n) is 6.86. The molecule has 1 aliphatic heterocycles. The van der Waals surface area contributed by atoms with Crippen LogP contribution in [0.2, 0.25) is 5.02 Å². The van der Waals surface area contributed by atoms with E-state index in [0.717, 1.165) is 32.6 Å². The van der Waals surface area contributed by atoms with Crippen molar-refractivity contribution < 1.29 is 4.79 Å². The third kappa shape index (κ3) is 3.35. The number of nitrogens with zero attached hydrogens (tertiary/aromatic N) is 1. The topological polar surface area (TPSA) is 84.4 Å². The number of likely N-dealkylation sites (tertiary alicyclic amines) is 1. The number of hydrogen-bond donors (Lipinski definition) is 3. The SMILES string of the molecule is CCN1CCC(CNc2c(Cl)cc(N)cc2C(N)=O)C1. The molecule has 1 fully saturated rings. The minimum absolute atomic E-state index is 0.348. The normalized spacial score (nSPS) is 19.2. The maximum absolute atomic E-state index is 11.5. The average Bonchev–Trinajstić information content (AvgIpc) is 2.84. The van der Waals surface area contributed by atoms with Gasteiger partial charge in [0.1, 0.15) is 0 Å². The van der Waals surface area contributed by atoms with Gasteiger partial charge in [0, 0.05) is 18.8 Å². The summed E-state index contributed by atoms with van der Waals surface area (Å²) < 4.78 is 0. The van der Waals surface area contributed by atoms with Gasteiger partial charge in [-0.05, 0) is 37.6 Å². The number of anilines is 2. The van der Waals surface area contributed by atoms with Crippen molar-refractivity contribution in [3.8, 4) is 0 Å². The van der Waals surface area contributed by atoms with E-state index in [1.807, 2.05) is 0 Å². The van der Waals surface area contributed by atoms with Gasteiger partial charge >= 0.3 is 0 Å². The number of carbonyl (C=O) groups is 1. The second kappa shape index (κ2) is 6.33. The van der Waals surface area contributed by atoms with Gasteiger partial charge in [0.15, 0.2) is 0 Å². The van der Waals surface area contributed by atoms with Crippen molar-refractivity contribution in [2.24, 2.45) is 11.7 Å². The Morgan fingerprint density at radius 3 is 2.90 bits per heavy atom. The van der Waals surface area contributed by atoms with Crippen LogP contribution in [0.3, 0.4) is 0 Å². The number of primary amides is 1. The van der Waals surface area contributed by atoms with Crippen LogP contribution in [-0.4, -0.2) is 37.0 Å². The zero-order valence-electron chi connectivity index (χ0n) is 11.7. The van der Waals surface area contributed by atoms with Gasteiger partial charge in [0.25, 0.3) is 5.91 Å². The summed E-state index contributed by atoms with van der Waals surface area (Å²) >= 11 is 6.16. The maximum Gasteiger partial charge on any atom is 0.250 e. The van der Waals surface area contributed by atoms with Gasteiger partial charge in [-0.15, -0.1) is 0 Å². The Balaban J connectivity index is 2.08. The molecule has 1 heterocycles. The number of rotatable bonds is 5. The van der Waals surface area contributed by atoms with Crippen LogP contribution in [0, 0.1) is 5.92 Å². The van der Waals surface area contributed by atoms with E-state index >= 15 is 0 Å². The predicted molar refractivity (Wildman–Crippen MR) is 83.1 cm³/mol. The summed E-state index contributed by atoms with van der Waals surface area (Å²) in [5.74, 6) is 0.0348. The van der Waals surface area contributed by atoms with Gasteiger partial charge in [0.2, 0.25) is 0 Å². The molecule has 5 N–H and O–H groups in total. The van der Waals surface area contributed by atoms with Crippen molar-refractivity contribution in [1.82, 2.24) is 4.90 Å². The summed E-state index contributed by atoms with van der Waals surface area (Å²) in [5, 5.41) is 3.70. The highest BCUT2D eigenvalue weighted by atomic mass is 35.5. The predicted octanol–water partition coefficient (Wildman–Crippen LogP) is 1.77. The maximum atomic E-state index is 11.5. The Morgan fingerprint density at radius 2 is 2.30 bits per heavy atom. The molecule has 2 rings (SSSR count). The summed E-state index contributed by atoms with van der Waals surface area (Å²) in [4.78, 5) is 13.9. The van der Waals surface area contributed by atoms with Crippen LogP contribution >= 0.6 is 11.6 Å². The molecule has 1 amide bonds. The fourth-order valence-corrected chi connectivity index (χ4v) is 2.91. The molecule has 20 heavy (non-hydrogen) atoms. The lowest BCUT2D eigenvalue weighted by Crippen LogP contribution is -2.23. The van der Waals surface area contributed by atoms with Crippen molar-refractivity contribution in [1.29, 1.82) is 0 Å². The Morgan fingerprint density at radius 1 is 1.55 bits per heavy atom. The first kappa shape index (κ1) is 14.9. The molecule has 5 nitrogen and oxygen atoms in total. The number of benzene rings is 1. The summed E-state index contributed by atoms with van der Waals surface area (Å²) in [6.07, 6.45) is 1.15. The van der Waals surface area contributed by atoms with Crippen LogP contribution in [0.15, 0.2) is 12.1 Å². The van der Waals surface area contributed by atoms with Crippen LogP contribution in [0.1, 0.15) is 23.7 Å². The number of nitrogens with one attached hydrogen (secondary N) is 1. The summed E-state index contributed by atoms with van der Waals surface area (Å²) in [7, 11) is 0. The second-order valence-electron chi connectivity index (χ2n) is 5.22. The molecule has 1 unspecified atom stereocenters. The number of nitrogens with two attached hydrogens (primary N) is 2. The highest BCUT2D eigenvalue weighted by Crippen LogP contribution is 2.29. The molecule has 0 bridgehead atoms. The molecule has 1 atom stereocenters. The lowest BCUT2D eigenvalue weighted by Gasteiger charge is -2.17. The van der Waals surface area contributed by atoms with E-state index in [0.29, 0.717) is 27.9 Å². The molecule has 0 radical (unpaired) electrons. The van der Waals surface area contributed by atoms with E-state index in [1.165, 1.54) is 0 Å². The second-order valence-corrected chi connectivity index (χ2v) is 5.63. The van der Waals surface area contributed by atoms with E-state index in [9.17, 15) is 4.79 Å². The van der Waals surface area contributed by atoms with Crippen molar-refractivity contribution in [3.63, 3.8) is 0 Å². The zero-order chi connectivity index (χ0) is 14.7. The van der Waals surface area contributed by atoms with Gasteiger partial charge in [-0.2, -0.15) is 0 Å². The van der Waals surface area contributed by atoms with Crippen LogP contribution in [0.4, 0.5) is 11.4 Å². The summed E-state index contributed by atoms with van der Waals surface area (Å²) in [6.45, 7) is 6.22. The van der Waals surface area contributed by atoms with Gasteiger partial charge in [-0.1, -0.05) is 18.5 Å². The minimum Gasteiger partial charge on any atom is -0.399 e. The van der Waals surface area contributed by atoms with Gasteiger partial charge in [-0.3, -0.25) is 4.79 Å². The largest absolute Gasteiger partial charge is 0.399 e. The van der Waals surface area contributed by atoms with Crippen molar-refractivity contribution >= 4 is 28.9 Å². The zero-order valence-corrected chi connectivity index (χ0v) is 12.4. The van der Waals surface area contributed by atoms with Crippen molar-refractivity contribution in [3.05, 3.63) is 22.7 Å². The van der Waals surface area contributed by atoms with E-state index in [2.05, 4.69) is 17.1 Å². The highest BCUT2D eigenvalue weighted by molar-refractivity contribution is 6.34. The number of halogens is 1. The lowest BCUT2D eigenvalue weighted by atomic mass is 10.1. The van der Waals surface area contributed by atoms with Crippen LogP contribution in [-0.2, 0) is 0 Å². The Labute approximate surface area is 124 Å². The first-order chi connectivity index (χ1) is 9.51. The minimum atomic E-state index is -0.525. The molecule has 1 saturated heterocycles. The molecule has 6 heteroatoms. The number of carbonyl (C=O) groups excluding carboxylic acids is 1. The number of hydrogen-bond acceptors (Lipinski definition) is 4. The third-order valence-corrected chi connectivity index (χ3v) is 4.06. The van der Waals surface area contributed by atoms with E-state index < -0.39 is 5.91 Å². The van der Waals surface area contributed by atoms with Gasteiger partial charge in [-0.25, -0.2) is 0 Å². The molecule has 1 aromatic carbocycles. The molecular weight excluding hydrogens is 276 g/mol. The van der Waals surface area contributed by atoms with Crippen molar-refractivity contribution in [2.45, 2.75) is 13.3 Å². The fourth-order valence-electron chi connectivity index (χ4n) is 2.61. The molecule has 0 spiro atoms. The molecule has 0 aliphatic carbocycles. The van der Waals surface area contributed by atoms with E-state index in [4.69, 9.17) is 23.1 Å². The smallest absolute Gasteiger partial charge is 0.250 e. The van der Waals surface area contributed by atoms with Gasteiger partial charge < -0.3 is 21.7 Å². The summed E-state index contributed by atoms with van der Waals surface area (Å²) in [5.41, 5.74) is 12.4. The first-order valence-corrected chi connectivity index (χ1v) is 7.24. The van der Waals surface area contributed by atoms with Crippen LogP contribution < -0.4 is 16.8 Å². The molecule has 1 aromatic rings. The Hall–Kier alpha value is -1.46. The van der Waals surface area contributed by atoms with Crippen LogP contribution in [0.5, 0.6) is 0 Å². The highest BCUT2D eigenvalue weighted by Gasteiger charge is 2.22. The third-order valence-electron chi connectivity index (χ3n) is 3.76.